The molecule has 4 nitrogen and oxygen atoms in total. The maximum Gasteiger partial charge on any atom is 0.170 e. The minimum absolute atomic E-state index is 0.467. The molecule has 2 N–H and O–H groups in total. The molecule has 0 amide bonds. The maximum absolute atomic E-state index is 9.66. The Bertz CT molecular complexity index is 560. The summed E-state index contributed by atoms with van der Waals surface area (Å²) in [6, 6.07) is 17.5. The van der Waals surface area contributed by atoms with Crippen molar-refractivity contribution in [2.24, 2.45) is 0 Å². The normalized spacial score (nSPS) is 13.3. The van der Waals surface area contributed by atoms with Crippen LogP contribution in [0.2, 0.25) is 0 Å². The average molecular weight is 255 g/mol. The van der Waals surface area contributed by atoms with E-state index in [1.165, 1.54) is 0 Å². The van der Waals surface area contributed by atoms with Crippen molar-refractivity contribution in [3.8, 4) is 17.6 Å². The number of hydrogen-bond acceptors (Lipinski definition) is 4. The standard InChI is InChI=1S/C15H13NO3/c16-10-14(17)15(18)11-6-8-13(9-7-11)19-12-4-2-1-3-5-12/h1-9,14-15,17-18H. The molecule has 0 bridgehead atoms. The van der Waals surface area contributed by atoms with Crippen molar-refractivity contribution < 1.29 is 14.9 Å². The zero-order chi connectivity index (χ0) is 13.7. The summed E-state index contributed by atoms with van der Waals surface area (Å²) in [7, 11) is 0. The van der Waals surface area contributed by atoms with Crippen LogP contribution in [0.15, 0.2) is 54.6 Å². The first kappa shape index (κ1) is 13.1. The molecule has 0 aliphatic rings. The summed E-state index contributed by atoms with van der Waals surface area (Å²) >= 11 is 0. The van der Waals surface area contributed by atoms with E-state index in [1.54, 1.807) is 30.3 Å². The lowest BCUT2D eigenvalue weighted by Crippen LogP contribution is -2.15. The predicted octanol–water partition coefficient (Wildman–Crippen LogP) is 2.40. The fourth-order valence-electron chi connectivity index (χ4n) is 1.61. The fourth-order valence-corrected chi connectivity index (χ4v) is 1.61. The summed E-state index contributed by atoms with van der Waals surface area (Å²) in [4.78, 5) is 0. The van der Waals surface area contributed by atoms with Gasteiger partial charge in [0.1, 0.15) is 17.6 Å². The van der Waals surface area contributed by atoms with Gasteiger partial charge in [-0.2, -0.15) is 5.26 Å². The highest BCUT2D eigenvalue weighted by Crippen LogP contribution is 2.24. The lowest BCUT2D eigenvalue weighted by Gasteiger charge is -2.12. The summed E-state index contributed by atoms with van der Waals surface area (Å²) in [5.41, 5.74) is 0.467. The highest BCUT2D eigenvalue weighted by Gasteiger charge is 2.17. The minimum Gasteiger partial charge on any atom is -0.457 e. The molecular weight excluding hydrogens is 242 g/mol. The smallest absolute Gasteiger partial charge is 0.170 e. The molecule has 0 fully saturated rings. The van der Waals surface area contributed by atoms with E-state index in [0.29, 0.717) is 17.1 Å². The summed E-state index contributed by atoms with van der Waals surface area (Å²) in [5, 5.41) is 27.4. The number of benzene rings is 2. The lowest BCUT2D eigenvalue weighted by molar-refractivity contribution is 0.0528. The molecule has 2 aromatic carbocycles. The lowest BCUT2D eigenvalue weighted by atomic mass is 10.1. The second-order valence-corrected chi connectivity index (χ2v) is 4.00. The van der Waals surface area contributed by atoms with Crippen molar-refractivity contribution in [3.05, 3.63) is 60.2 Å². The maximum atomic E-state index is 9.66. The first-order valence-electron chi connectivity index (χ1n) is 5.79. The van der Waals surface area contributed by atoms with Crippen LogP contribution in [0.3, 0.4) is 0 Å². The van der Waals surface area contributed by atoms with Crippen LogP contribution in [-0.2, 0) is 0 Å². The van der Waals surface area contributed by atoms with Gasteiger partial charge in [0.15, 0.2) is 6.10 Å². The van der Waals surface area contributed by atoms with E-state index in [4.69, 9.17) is 10.00 Å². The van der Waals surface area contributed by atoms with Crippen molar-refractivity contribution in [2.45, 2.75) is 12.2 Å². The third-order valence-corrected chi connectivity index (χ3v) is 2.63. The van der Waals surface area contributed by atoms with E-state index >= 15 is 0 Å². The van der Waals surface area contributed by atoms with Crippen molar-refractivity contribution in [1.29, 1.82) is 5.26 Å². The first-order chi connectivity index (χ1) is 9.20. The molecule has 0 saturated carbocycles. The molecule has 2 rings (SSSR count). The van der Waals surface area contributed by atoms with E-state index in [2.05, 4.69) is 0 Å². The molecule has 96 valence electrons. The van der Waals surface area contributed by atoms with Crippen LogP contribution >= 0.6 is 0 Å². The number of nitriles is 1. The number of aliphatic hydroxyl groups is 2. The van der Waals surface area contributed by atoms with Crippen LogP contribution in [0.5, 0.6) is 11.5 Å². The molecule has 0 spiro atoms. The van der Waals surface area contributed by atoms with Crippen LogP contribution in [0.4, 0.5) is 0 Å². The van der Waals surface area contributed by atoms with Gasteiger partial charge in [-0.1, -0.05) is 30.3 Å². The Morgan fingerprint density at radius 2 is 1.47 bits per heavy atom. The van der Waals surface area contributed by atoms with Crippen LogP contribution in [0, 0.1) is 11.3 Å². The van der Waals surface area contributed by atoms with Crippen molar-refractivity contribution in [1.82, 2.24) is 0 Å². The van der Waals surface area contributed by atoms with Crippen LogP contribution < -0.4 is 4.74 Å². The number of aliphatic hydroxyl groups excluding tert-OH is 2. The van der Waals surface area contributed by atoms with Gasteiger partial charge in [-0.25, -0.2) is 0 Å². The summed E-state index contributed by atoms with van der Waals surface area (Å²) in [5.74, 6) is 1.33. The van der Waals surface area contributed by atoms with Gasteiger partial charge in [-0.15, -0.1) is 0 Å². The first-order valence-corrected chi connectivity index (χ1v) is 5.79. The molecule has 0 radical (unpaired) electrons. The second kappa shape index (κ2) is 6.01. The van der Waals surface area contributed by atoms with Gasteiger partial charge in [0.2, 0.25) is 0 Å². The van der Waals surface area contributed by atoms with E-state index in [0.717, 1.165) is 0 Å². The summed E-state index contributed by atoms with van der Waals surface area (Å²) in [6.45, 7) is 0. The van der Waals surface area contributed by atoms with Crippen LogP contribution in [0.25, 0.3) is 0 Å². The number of rotatable bonds is 4. The zero-order valence-electron chi connectivity index (χ0n) is 10.1. The van der Waals surface area contributed by atoms with Gasteiger partial charge in [0.25, 0.3) is 0 Å². The topological polar surface area (TPSA) is 73.5 Å². The molecule has 0 aromatic heterocycles. The zero-order valence-corrected chi connectivity index (χ0v) is 10.1. The third kappa shape index (κ3) is 3.32. The number of nitrogens with zero attached hydrogens (tertiary/aromatic N) is 1. The van der Waals surface area contributed by atoms with Gasteiger partial charge in [0.05, 0.1) is 6.07 Å². The Labute approximate surface area is 111 Å². The van der Waals surface area contributed by atoms with Crippen LogP contribution in [-0.4, -0.2) is 16.3 Å². The summed E-state index contributed by atoms with van der Waals surface area (Å²) in [6.07, 6.45) is -2.64. The molecule has 0 aliphatic heterocycles. The Balaban J connectivity index is 2.09. The van der Waals surface area contributed by atoms with Crippen molar-refractivity contribution in [3.63, 3.8) is 0 Å². The molecule has 0 heterocycles. The van der Waals surface area contributed by atoms with Crippen molar-refractivity contribution >= 4 is 0 Å². The summed E-state index contributed by atoms with van der Waals surface area (Å²) < 4.78 is 5.59. The molecular formula is C15H13NO3. The predicted molar refractivity (Wildman–Crippen MR) is 69.5 cm³/mol. The molecule has 0 aliphatic carbocycles. The molecule has 2 unspecified atom stereocenters. The fraction of sp³-hybridized carbons (Fsp3) is 0.133. The SMILES string of the molecule is N#CC(O)C(O)c1ccc(Oc2ccccc2)cc1. The number of ether oxygens (including phenoxy) is 1. The largest absolute Gasteiger partial charge is 0.457 e. The highest BCUT2D eigenvalue weighted by molar-refractivity contribution is 5.34. The minimum atomic E-state index is -1.43. The molecule has 0 saturated heterocycles. The monoisotopic (exact) mass is 255 g/mol. The molecule has 2 aromatic rings. The third-order valence-electron chi connectivity index (χ3n) is 2.63. The Kier molecular flexibility index (Phi) is 4.14. The van der Waals surface area contributed by atoms with Gasteiger partial charge in [-0.3, -0.25) is 0 Å². The highest BCUT2D eigenvalue weighted by atomic mass is 16.5. The van der Waals surface area contributed by atoms with Gasteiger partial charge in [-0.05, 0) is 29.8 Å². The van der Waals surface area contributed by atoms with E-state index in [1.807, 2.05) is 30.3 Å². The van der Waals surface area contributed by atoms with Crippen molar-refractivity contribution in [2.75, 3.05) is 0 Å². The second-order valence-electron chi connectivity index (χ2n) is 4.00. The molecule has 19 heavy (non-hydrogen) atoms. The average Bonchev–Trinajstić information content (AvgIpc) is 2.47. The van der Waals surface area contributed by atoms with E-state index in [9.17, 15) is 10.2 Å². The Hall–Kier alpha value is -2.35. The van der Waals surface area contributed by atoms with E-state index in [-0.39, 0.29) is 0 Å². The van der Waals surface area contributed by atoms with Crippen LogP contribution in [0.1, 0.15) is 11.7 Å². The quantitative estimate of drug-likeness (QED) is 0.823. The Morgan fingerprint density at radius 1 is 0.895 bits per heavy atom. The van der Waals surface area contributed by atoms with E-state index < -0.39 is 12.2 Å². The number of para-hydroxylation sites is 1. The van der Waals surface area contributed by atoms with Gasteiger partial charge >= 0.3 is 0 Å². The van der Waals surface area contributed by atoms with Gasteiger partial charge in [0, 0.05) is 0 Å². The van der Waals surface area contributed by atoms with Gasteiger partial charge < -0.3 is 14.9 Å². The number of hydrogen-bond donors (Lipinski definition) is 2. The molecule has 2 atom stereocenters. The molecule has 4 heteroatoms. The Morgan fingerprint density at radius 3 is 2.05 bits per heavy atom.